The fourth-order valence-corrected chi connectivity index (χ4v) is 2.80. The molecule has 7 heteroatoms. The number of benzene rings is 1. The van der Waals surface area contributed by atoms with Gasteiger partial charge in [-0.1, -0.05) is 0 Å². The molecule has 1 amide bonds. The van der Waals surface area contributed by atoms with Crippen LogP contribution in [0.15, 0.2) is 23.1 Å². The zero-order chi connectivity index (χ0) is 13.8. The summed E-state index contributed by atoms with van der Waals surface area (Å²) in [6, 6.07) is 4.30. The lowest BCUT2D eigenvalue weighted by atomic mass is 10.3. The van der Waals surface area contributed by atoms with Gasteiger partial charge in [-0.2, -0.15) is 0 Å². The van der Waals surface area contributed by atoms with E-state index in [1.54, 1.807) is 0 Å². The molecule has 0 aliphatic carbocycles. The highest BCUT2D eigenvalue weighted by Crippen LogP contribution is 2.27. The Morgan fingerprint density at radius 3 is 2.67 bits per heavy atom. The second kappa shape index (κ2) is 5.72. The van der Waals surface area contributed by atoms with E-state index in [-0.39, 0.29) is 28.7 Å². The summed E-state index contributed by atoms with van der Waals surface area (Å²) < 4.78 is 29.1. The zero-order valence-electron chi connectivity index (χ0n) is 10.3. The van der Waals surface area contributed by atoms with Gasteiger partial charge in [-0.25, -0.2) is 8.42 Å². The first-order valence-corrected chi connectivity index (χ1v) is 6.93. The summed E-state index contributed by atoms with van der Waals surface area (Å²) in [4.78, 5) is 11.1. The zero-order valence-corrected chi connectivity index (χ0v) is 11.1. The molecular formula is C11H16N2O4S. The van der Waals surface area contributed by atoms with Crippen LogP contribution >= 0.6 is 0 Å². The summed E-state index contributed by atoms with van der Waals surface area (Å²) in [6.45, 7) is 0. The van der Waals surface area contributed by atoms with Crippen molar-refractivity contribution in [3.05, 3.63) is 18.2 Å². The first kappa shape index (κ1) is 14.3. The fourth-order valence-electron chi connectivity index (χ4n) is 1.40. The van der Waals surface area contributed by atoms with Gasteiger partial charge in [-0.15, -0.1) is 0 Å². The maximum atomic E-state index is 12.0. The highest BCUT2D eigenvalue weighted by Gasteiger charge is 2.20. The van der Waals surface area contributed by atoms with Gasteiger partial charge in [-0.05, 0) is 12.1 Å². The van der Waals surface area contributed by atoms with E-state index in [9.17, 15) is 13.2 Å². The van der Waals surface area contributed by atoms with Crippen LogP contribution in [0.5, 0.6) is 5.75 Å². The molecule has 3 N–H and O–H groups in total. The van der Waals surface area contributed by atoms with E-state index in [1.807, 2.05) is 0 Å². The summed E-state index contributed by atoms with van der Waals surface area (Å²) in [7, 11) is -0.742. The van der Waals surface area contributed by atoms with Gasteiger partial charge in [0.1, 0.15) is 10.6 Å². The second-order valence-corrected chi connectivity index (χ2v) is 5.73. The Bertz CT molecular complexity index is 540. The van der Waals surface area contributed by atoms with Gasteiger partial charge in [0.15, 0.2) is 9.84 Å². The van der Waals surface area contributed by atoms with E-state index in [4.69, 9.17) is 10.5 Å². The van der Waals surface area contributed by atoms with E-state index in [0.29, 0.717) is 5.69 Å². The highest BCUT2D eigenvalue weighted by molar-refractivity contribution is 7.91. The van der Waals surface area contributed by atoms with E-state index in [1.165, 1.54) is 32.4 Å². The van der Waals surface area contributed by atoms with Crippen molar-refractivity contribution in [2.75, 3.05) is 25.6 Å². The van der Waals surface area contributed by atoms with Gasteiger partial charge in [-0.3, -0.25) is 4.79 Å². The van der Waals surface area contributed by atoms with Crippen LogP contribution in [0, 0.1) is 0 Å². The maximum Gasteiger partial charge on any atom is 0.220 e. The molecule has 0 fully saturated rings. The van der Waals surface area contributed by atoms with Crippen LogP contribution in [0.25, 0.3) is 0 Å². The van der Waals surface area contributed by atoms with Crippen LogP contribution in [-0.4, -0.2) is 34.2 Å². The fraction of sp³-hybridized carbons (Fsp3) is 0.364. The van der Waals surface area contributed by atoms with Crippen molar-refractivity contribution in [3.8, 4) is 5.75 Å². The predicted octanol–water partition coefficient (Wildman–Crippen LogP) is 0.187. The van der Waals surface area contributed by atoms with Crippen LogP contribution in [0.4, 0.5) is 5.69 Å². The Kier molecular flexibility index (Phi) is 4.55. The molecule has 0 bridgehead atoms. The number of ether oxygens (including phenoxy) is 1. The number of amides is 1. The SMILES string of the molecule is CNC(=O)CCS(=O)(=O)c1ccc(N)cc1OC. The molecule has 100 valence electrons. The number of methoxy groups -OCH3 is 1. The van der Waals surface area contributed by atoms with Gasteiger partial charge in [0.25, 0.3) is 0 Å². The number of sulfone groups is 1. The van der Waals surface area contributed by atoms with Crippen molar-refractivity contribution in [2.24, 2.45) is 0 Å². The number of anilines is 1. The first-order chi connectivity index (χ1) is 8.40. The Labute approximate surface area is 106 Å². The number of nitrogen functional groups attached to an aromatic ring is 1. The molecule has 1 aromatic rings. The predicted molar refractivity (Wildman–Crippen MR) is 68.1 cm³/mol. The molecule has 0 unspecified atom stereocenters. The number of rotatable bonds is 5. The van der Waals surface area contributed by atoms with Crippen molar-refractivity contribution >= 4 is 21.4 Å². The Morgan fingerprint density at radius 2 is 2.11 bits per heavy atom. The van der Waals surface area contributed by atoms with Gasteiger partial charge in [0.05, 0.1) is 12.9 Å². The summed E-state index contributed by atoms with van der Waals surface area (Å²) in [6.07, 6.45) is -0.0909. The van der Waals surface area contributed by atoms with Crippen molar-refractivity contribution in [2.45, 2.75) is 11.3 Å². The topological polar surface area (TPSA) is 98.5 Å². The molecule has 6 nitrogen and oxygen atoms in total. The van der Waals surface area contributed by atoms with Gasteiger partial charge in [0, 0.05) is 25.2 Å². The minimum absolute atomic E-state index is 0.0445. The number of hydrogen-bond acceptors (Lipinski definition) is 5. The molecule has 0 atom stereocenters. The highest BCUT2D eigenvalue weighted by atomic mass is 32.2. The Morgan fingerprint density at radius 1 is 1.44 bits per heavy atom. The minimum Gasteiger partial charge on any atom is -0.495 e. The summed E-state index contributed by atoms with van der Waals surface area (Å²) in [5.41, 5.74) is 5.97. The number of hydrogen-bond donors (Lipinski definition) is 2. The largest absolute Gasteiger partial charge is 0.495 e. The molecule has 1 rings (SSSR count). The number of nitrogens with one attached hydrogen (secondary N) is 1. The smallest absolute Gasteiger partial charge is 0.220 e. The monoisotopic (exact) mass is 272 g/mol. The number of nitrogens with two attached hydrogens (primary N) is 1. The molecule has 0 saturated carbocycles. The van der Waals surface area contributed by atoms with Crippen molar-refractivity contribution in [1.82, 2.24) is 5.32 Å². The third kappa shape index (κ3) is 3.36. The van der Waals surface area contributed by atoms with Crippen LogP contribution in [0.1, 0.15) is 6.42 Å². The molecule has 0 saturated heterocycles. The van der Waals surface area contributed by atoms with Crippen LogP contribution < -0.4 is 15.8 Å². The quantitative estimate of drug-likeness (QED) is 0.745. The summed E-state index contributed by atoms with van der Waals surface area (Å²) in [5.74, 6) is -0.410. The van der Waals surface area contributed by atoms with E-state index in [0.717, 1.165) is 0 Å². The lowest BCUT2D eigenvalue weighted by Gasteiger charge is -2.09. The molecule has 0 spiro atoms. The second-order valence-electron chi connectivity index (χ2n) is 3.65. The summed E-state index contributed by atoms with van der Waals surface area (Å²) >= 11 is 0. The third-order valence-corrected chi connectivity index (χ3v) is 4.15. The normalized spacial score (nSPS) is 11.0. The molecule has 0 aliphatic rings. The summed E-state index contributed by atoms with van der Waals surface area (Å²) in [5, 5.41) is 2.37. The van der Waals surface area contributed by atoms with E-state index >= 15 is 0 Å². The van der Waals surface area contributed by atoms with Crippen molar-refractivity contribution < 1.29 is 17.9 Å². The van der Waals surface area contributed by atoms with Crippen molar-refractivity contribution in [1.29, 1.82) is 0 Å². The third-order valence-electron chi connectivity index (χ3n) is 2.40. The van der Waals surface area contributed by atoms with E-state index in [2.05, 4.69) is 5.32 Å². The minimum atomic E-state index is -3.57. The van der Waals surface area contributed by atoms with Crippen LogP contribution in [0.3, 0.4) is 0 Å². The van der Waals surface area contributed by atoms with Gasteiger partial charge in [0.2, 0.25) is 5.91 Å². The van der Waals surface area contributed by atoms with Gasteiger partial charge < -0.3 is 15.8 Å². The van der Waals surface area contributed by atoms with Crippen LogP contribution in [0.2, 0.25) is 0 Å². The maximum absolute atomic E-state index is 12.0. The van der Waals surface area contributed by atoms with E-state index < -0.39 is 9.84 Å². The molecule has 0 aliphatic heterocycles. The molecule has 0 radical (unpaired) electrons. The number of carbonyl (C=O) groups excluding carboxylic acids is 1. The molecule has 1 aromatic carbocycles. The average Bonchev–Trinajstić information content (AvgIpc) is 2.35. The van der Waals surface area contributed by atoms with Crippen molar-refractivity contribution in [3.63, 3.8) is 0 Å². The van der Waals surface area contributed by atoms with Crippen LogP contribution in [-0.2, 0) is 14.6 Å². The number of carbonyl (C=O) groups is 1. The molecular weight excluding hydrogens is 256 g/mol. The molecule has 0 heterocycles. The van der Waals surface area contributed by atoms with Gasteiger partial charge >= 0.3 is 0 Å². The first-order valence-electron chi connectivity index (χ1n) is 5.27. The Hall–Kier alpha value is -1.76. The Balaban J connectivity index is 3.01. The standard InChI is InChI=1S/C11H16N2O4S/c1-13-11(14)5-6-18(15,16)10-4-3-8(12)7-9(10)17-2/h3-4,7H,5-6,12H2,1-2H3,(H,13,14). The molecule has 0 aromatic heterocycles. The lowest BCUT2D eigenvalue weighted by Crippen LogP contribution is -2.21. The molecule has 18 heavy (non-hydrogen) atoms. The average molecular weight is 272 g/mol. The lowest BCUT2D eigenvalue weighted by molar-refractivity contribution is -0.120.